The number of thiazole rings is 1. The molecule has 2 amide bonds. The molecule has 0 saturated carbocycles. The van der Waals surface area contributed by atoms with Crippen LogP contribution in [0, 0.1) is 12.7 Å². The number of benzene rings is 1. The smallest absolute Gasteiger partial charge is 0.315 e. The van der Waals surface area contributed by atoms with Crippen LogP contribution in [0.1, 0.15) is 16.8 Å². The van der Waals surface area contributed by atoms with E-state index in [0.717, 1.165) is 9.88 Å². The number of aromatic nitrogens is 1. The van der Waals surface area contributed by atoms with E-state index < -0.39 is 5.82 Å². The SMILES string of the molecule is Cc1ncc(CNC(=O)NC[C@@H](C)Oc2ccccc2F)s1. The highest BCUT2D eigenvalue weighted by Gasteiger charge is 2.09. The number of carbonyl (C=O) groups excluding carboxylic acids is 1. The highest BCUT2D eigenvalue weighted by molar-refractivity contribution is 7.11. The molecule has 0 unspecified atom stereocenters. The molecule has 1 aromatic carbocycles. The van der Waals surface area contributed by atoms with Crippen molar-refractivity contribution in [2.75, 3.05) is 6.54 Å². The van der Waals surface area contributed by atoms with Crippen LogP contribution in [-0.4, -0.2) is 23.7 Å². The van der Waals surface area contributed by atoms with Gasteiger partial charge in [0.2, 0.25) is 0 Å². The van der Waals surface area contributed by atoms with Gasteiger partial charge in [0.25, 0.3) is 0 Å². The summed E-state index contributed by atoms with van der Waals surface area (Å²) in [6.45, 7) is 4.39. The van der Waals surface area contributed by atoms with E-state index in [-0.39, 0.29) is 24.4 Å². The lowest BCUT2D eigenvalue weighted by Gasteiger charge is -2.16. The van der Waals surface area contributed by atoms with Crippen molar-refractivity contribution >= 4 is 17.4 Å². The molecule has 2 N–H and O–H groups in total. The van der Waals surface area contributed by atoms with E-state index in [1.165, 1.54) is 17.4 Å². The maximum atomic E-state index is 13.4. The summed E-state index contributed by atoms with van der Waals surface area (Å²) in [6.07, 6.45) is 1.40. The number of nitrogens with zero attached hydrogens (tertiary/aromatic N) is 1. The molecule has 1 atom stereocenters. The van der Waals surface area contributed by atoms with Crippen molar-refractivity contribution in [2.45, 2.75) is 26.5 Å². The number of aryl methyl sites for hydroxylation is 1. The Balaban J connectivity index is 1.70. The third-order valence-electron chi connectivity index (χ3n) is 2.81. The first-order valence-electron chi connectivity index (χ1n) is 6.89. The topological polar surface area (TPSA) is 63.2 Å². The fraction of sp³-hybridized carbons (Fsp3) is 0.333. The predicted molar refractivity (Wildman–Crippen MR) is 83.6 cm³/mol. The predicted octanol–water partition coefficient (Wildman–Crippen LogP) is 2.86. The van der Waals surface area contributed by atoms with Crippen LogP contribution < -0.4 is 15.4 Å². The largest absolute Gasteiger partial charge is 0.486 e. The number of hydrogen-bond donors (Lipinski definition) is 2. The Labute approximate surface area is 132 Å². The second kappa shape index (κ2) is 7.74. The van der Waals surface area contributed by atoms with Gasteiger partial charge < -0.3 is 15.4 Å². The summed E-state index contributed by atoms with van der Waals surface area (Å²) in [7, 11) is 0. The highest BCUT2D eigenvalue weighted by Crippen LogP contribution is 2.16. The van der Waals surface area contributed by atoms with Crippen LogP contribution in [0.4, 0.5) is 9.18 Å². The lowest BCUT2D eigenvalue weighted by Crippen LogP contribution is -2.40. The van der Waals surface area contributed by atoms with Crippen molar-refractivity contribution in [3.8, 4) is 5.75 Å². The number of carbonyl (C=O) groups is 1. The quantitative estimate of drug-likeness (QED) is 0.859. The van der Waals surface area contributed by atoms with Gasteiger partial charge in [0.05, 0.1) is 18.1 Å². The Bertz CT molecular complexity index is 633. The van der Waals surface area contributed by atoms with Crippen LogP contribution in [0.15, 0.2) is 30.5 Å². The molecule has 1 aromatic heterocycles. The first-order chi connectivity index (χ1) is 10.5. The molecule has 2 aromatic rings. The first-order valence-corrected chi connectivity index (χ1v) is 7.70. The molecule has 1 heterocycles. The fourth-order valence-corrected chi connectivity index (χ4v) is 2.49. The second-order valence-electron chi connectivity index (χ2n) is 4.77. The number of ether oxygens (including phenoxy) is 1. The normalized spacial score (nSPS) is 11.8. The molecule has 2 rings (SSSR count). The average Bonchev–Trinajstić information content (AvgIpc) is 2.91. The second-order valence-corrected chi connectivity index (χ2v) is 6.09. The minimum absolute atomic E-state index is 0.178. The van der Waals surface area contributed by atoms with Gasteiger partial charge in [-0.15, -0.1) is 11.3 Å². The van der Waals surface area contributed by atoms with Gasteiger partial charge in [-0.05, 0) is 26.0 Å². The van der Waals surface area contributed by atoms with Gasteiger partial charge in [-0.2, -0.15) is 0 Å². The van der Waals surface area contributed by atoms with E-state index in [4.69, 9.17) is 4.74 Å². The first kappa shape index (κ1) is 16.2. The van der Waals surface area contributed by atoms with Crippen LogP contribution in [0.5, 0.6) is 5.75 Å². The number of amides is 2. The van der Waals surface area contributed by atoms with Crippen molar-refractivity contribution in [3.05, 3.63) is 46.2 Å². The van der Waals surface area contributed by atoms with Crippen LogP contribution in [0.2, 0.25) is 0 Å². The van der Waals surface area contributed by atoms with Crippen LogP contribution in [0.3, 0.4) is 0 Å². The van der Waals surface area contributed by atoms with Crippen molar-refractivity contribution in [3.63, 3.8) is 0 Å². The maximum absolute atomic E-state index is 13.4. The number of hydrogen-bond acceptors (Lipinski definition) is 4. The van der Waals surface area contributed by atoms with E-state index in [2.05, 4.69) is 15.6 Å². The zero-order chi connectivity index (χ0) is 15.9. The van der Waals surface area contributed by atoms with Gasteiger partial charge in [0.1, 0.15) is 6.10 Å². The lowest BCUT2D eigenvalue weighted by molar-refractivity contribution is 0.201. The number of para-hydroxylation sites is 1. The third kappa shape index (κ3) is 5.00. The summed E-state index contributed by atoms with van der Waals surface area (Å²) in [5, 5.41) is 6.38. The number of halogens is 1. The molecule has 0 bridgehead atoms. The minimum Gasteiger partial charge on any atom is -0.486 e. The van der Waals surface area contributed by atoms with Crippen molar-refractivity contribution in [2.24, 2.45) is 0 Å². The summed E-state index contributed by atoms with van der Waals surface area (Å²) in [4.78, 5) is 16.8. The van der Waals surface area contributed by atoms with Crippen molar-refractivity contribution in [1.82, 2.24) is 15.6 Å². The van der Waals surface area contributed by atoms with Crippen LogP contribution in [0.25, 0.3) is 0 Å². The Hall–Kier alpha value is -2.15. The molecule has 0 fully saturated rings. The van der Waals surface area contributed by atoms with Gasteiger partial charge >= 0.3 is 6.03 Å². The van der Waals surface area contributed by atoms with E-state index in [1.807, 2.05) is 6.92 Å². The summed E-state index contributed by atoms with van der Waals surface area (Å²) in [6, 6.07) is 5.88. The zero-order valence-electron chi connectivity index (χ0n) is 12.4. The Morgan fingerprint density at radius 3 is 2.86 bits per heavy atom. The molecule has 0 aliphatic heterocycles. The number of urea groups is 1. The highest BCUT2D eigenvalue weighted by atomic mass is 32.1. The minimum atomic E-state index is -0.417. The van der Waals surface area contributed by atoms with E-state index in [9.17, 15) is 9.18 Å². The lowest BCUT2D eigenvalue weighted by atomic mass is 10.3. The molecule has 22 heavy (non-hydrogen) atoms. The average molecular weight is 323 g/mol. The third-order valence-corrected chi connectivity index (χ3v) is 3.72. The molecule has 118 valence electrons. The van der Waals surface area contributed by atoms with Crippen LogP contribution in [-0.2, 0) is 6.54 Å². The molecular formula is C15H18FN3O2S. The summed E-state index contributed by atoms with van der Waals surface area (Å²) < 4.78 is 18.9. The fourth-order valence-electron chi connectivity index (χ4n) is 1.75. The van der Waals surface area contributed by atoms with Gasteiger partial charge in [-0.3, -0.25) is 0 Å². The summed E-state index contributed by atoms with van der Waals surface area (Å²) >= 11 is 1.54. The van der Waals surface area contributed by atoms with Crippen LogP contribution >= 0.6 is 11.3 Å². The summed E-state index contributed by atoms with van der Waals surface area (Å²) in [5.74, 6) is -0.239. The number of nitrogens with one attached hydrogen (secondary N) is 2. The van der Waals surface area contributed by atoms with Crippen molar-refractivity contribution < 1.29 is 13.9 Å². The standard InChI is InChI=1S/C15H18FN3O2S/c1-10(21-14-6-4-3-5-13(14)16)7-18-15(20)19-9-12-8-17-11(2)22-12/h3-6,8,10H,7,9H2,1-2H3,(H2,18,19,20)/t10-/m1/s1. The maximum Gasteiger partial charge on any atom is 0.315 e. The Morgan fingerprint density at radius 2 is 2.18 bits per heavy atom. The molecule has 0 aliphatic carbocycles. The number of rotatable bonds is 6. The molecular weight excluding hydrogens is 305 g/mol. The molecule has 0 aliphatic rings. The van der Waals surface area contributed by atoms with Gasteiger partial charge in [-0.25, -0.2) is 14.2 Å². The zero-order valence-corrected chi connectivity index (χ0v) is 13.2. The molecule has 0 saturated heterocycles. The molecule has 7 heteroatoms. The van der Waals surface area contributed by atoms with Gasteiger partial charge in [-0.1, -0.05) is 12.1 Å². The Kier molecular flexibility index (Phi) is 5.71. The van der Waals surface area contributed by atoms with E-state index >= 15 is 0 Å². The molecule has 0 spiro atoms. The van der Waals surface area contributed by atoms with E-state index in [0.29, 0.717) is 6.54 Å². The van der Waals surface area contributed by atoms with Crippen molar-refractivity contribution in [1.29, 1.82) is 0 Å². The van der Waals surface area contributed by atoms with E-state index in [1.54, 1.807) is 31.3 Å². The molecule has 0 radical (unpaired) electrons. The van der Waals surface area contributed by atoms with Gasteiger partial charge in [0, 0.05) is 11.1 Å². The van der Waals surface area contributed by atoms with Gasteiger partial charge in [0.15, 0.2) is 11.6 Å². The monoisotopic (exact) mass is 323 g/mol. The summed E-state index contributed by atoms with van der Waals surface area (Å²) in [5.41, 5.74) is 0. The molecule has 5 nitrogen and oxygen atoms in total. The Morgan fingerprint density at radius 1 is 1.41 bits per heavy atom.